The number of rotatable bonds is 2. The van der Waals surface area contributed by atoms with E-state index in [-0.39, 0.29) is 0 Å². The van der Waals surface area contributed by atoms with Gasteiger partial charge in [-0.1, -0.05) is 11.8 Å². The maximum Gasteiger partial charge on any atom is 0.161 e. The Morgan fingerprint density at radius 2 is 2.14 bits per heavy atom. The summed E-state index contributed by atoms with van der Waals surface area (Å²) in [5, 5.41) is 4.34. The van der Waals surface area contributed by atoms with Crippen molar-refractivity contribution in [2.24, 2.45) is 4.99 Å². The van der Waals surface area contributed by atoms with Crippen molar-refractivity contribution in [2.75, 3.05) is 23.9 Å². The van der Waals surface area contributed by atoms with E-state index in [1.165, 1.54) is 4.90 Å². The molecule has 14 heavy (non-hydrogen) atoms. The number of thioether (sulfide) groups is 2. The van der Waals surface area contributed by atoms with Gasteiger partial charge in [0.05, 0.1) is 6.54 Å². The molecule has 0 bridgehead atoms. The van der Waals surface area contributed by atoms with Gasteiger partial charge >= 0.3 is 0 Å². The van der Waals surface area contributed by atoms with Crippen molar-refractivity contribution in [1.82, 2.24) is 0 Å². The van der Waals surface area contributed by atoms with Gasteiger partial charge in [-0.2, -0.15) is 0 Å². The van der Waals surface area contributed by atoms with Crippen molar-refractivity contribution in [1.29, 1.82) is 0 Å². The Balaban J connectivity index is 2.02. The molecule has 0 unspecified atom stereocenters. The summed E-state index contributed by atoms with van der Waals surface area (Å²) in [4.78, 5) is 5.63. The summed E-state index contributed by atoms with van der Waals surface area (Å²) in [6.07, 6.45) is 2.08. The highest BCUT2D eigenvalue weighted by molar-refractivity contribution is 8.14. The maximum absolute atomic E-state index is 4.34. The van der Waals surface area contributed by atoms with E-state index < -0.39 is 0 Å². The molecule has 1 aliphatic heterocycles. The van der Waals surface area contributed by atoms with Crippen LogP contribution in [-0.2, 0) is 0 Å². The number of anilines is 1. The van der Waals surface area contributed by atoms with Gasteiger partial charge in [0.1, 0.15) is 0 Å². The molecule has 0 radical (unpaired) electrons. The molecule has 1 aliphatic rings. The summed E-state index contributed by atoms with van der Waals surface area (Å²) in [5.74, 6) is 1.10. The summed E-state index contributed by atoms with van der Waals surface area (Å²) >= 11 is 3.54. The van der Waals surface area contributed by atoms with E-state index in [0.29, 0.717) is 0 Å². The number of hydrogen-bond acceptors (Lipinski definition) is 4. The number of nitrogens with zero attached hydrogens (tertiary/aromatic N) is 1. The molecule has 0 amide bonds. The first-order chi connectivity index (χ1) is 6.88. The third-order valence-electron chi connectivity index (χ3n) is 1.93. The van der Waals surface area contributed by atoms with E-state index in [4.69, 9.17) is 0 Å². The smallest absolute Gasteiger partial charge is 0.161 e. The molecule has 2 nitrogen and oxygen atoms in total. The number of aliphatic imine (C=N–C) groups is 1. The Labute approximate surface area is 92.6 Å². The normalized spacial score (nSPS) is 15.4. The van der Waals surface area contributed by atoms with Gasteiger partial charge in [0.15, 0.2) is 5.17 Å². The fraction of sp³-hybridized carbons (Fsp3) is 0.300. The zero-order valence-corrected chi connectivity index (χ0v) is 9.62. The lowest BCUT2D eigenvalue weighted by atomic mass is 10.3. The zero-order chi connectivity index (χ0) is 9.80. The minimum atomic E-state index is 0.940. The van der Waals surface area contributed by atoms with Crippen molar-refractivity contribution in [3.8, 4) is 0 Å². The minimum Gasteiger partial charge on any atom is -0.335 e. The van der Waals surface area contributed by atoms with Crippen molar-refractivity contribution in [3.63, 3.8) is 0 Å². The van der Waals surface area contributed by atoms with Crippen LogP contribution in [0, 0.1) is 0 Å². The Hall–Kier alpha value is -0.610. The van der Waals surface area contributed by atoms with Gasteiger partial charge in [-0.25, -0.2) is 0 Å². The van der Waals surface area contributed by atoms with Crippen LogP contribution in [0.15, 0.2) is 34.2 Å². The Morgan fingerprint density at radius 3 is 2.71 bits per heavy atom. The van der Waals surface area contributed by atoms with Crippen LogP contribution in [0.5, 0.6) is 0 Å². The SMILES string of the molecule is CSc1ccc(NC2=NCCS2)cc1. The molecular formula is C10H12N2S2. The topological polar surface area (TPSA) is 24.4 Å². The molecule has 0 aromatic heterocycles. The van der Waals surface area contributed by atoms with Crippen LogP contribution in [0.4, 0.5) is 5.69 Å². The van der Waals surface area contributed by atoms with E-state index in [2.05, 4.69) is 40.8 Å². The number of hydrogen-bond donors (Lipinski definition) is 1. The summed E-state index contributed by atoms with van der Waals surface area (Å²) < 4.78 is 0. The lowest BCUT2D eigenvalue weighted by Crippen LogP contribution is -2.04. The standard InChI is InChI=1S/C10H12N2S2/c1-13-9-4-2-8(3-5-9)12-10-11-6-7-14-10/h2-5H,6-7H2,1H3,(H,11,12). The first-order valence-electron chi connectivity index (χ1n) is 4.47. The fourth-order valence-corrected chi connectivity index (χ4v) is 2.37. The van der Waals surface area contributed by atoms with Gasteiger partial charge in [-0.15, -0.1) is 11.8 Å². The highest BCUT2D eigenvalue weighted by Crippen LogP contribution is 2.19. The van der Waals surface area contributed by atoms with E-state index in [1.807, 2.05) is 0 Å². The first-order valence-corrected chi connectivity index (χ1v) is 6.68. The molecule has 0 aliphatic carbocycles. The summed E-state index contributed by atoms with van der Waals surface area (Å²) in [5.41, 5.74) is 1.12. The van der Waals surface area contributed by atoms with Gasteiger partial charge in [-0.3, -0.25) is 4.99 Å². The predicted octanol–water partition coefficient (Wildman–Crippen LogP) is 2.92. The molecule has 1 aromatic carbocycles. The summed E-state index contributed by atoms with van der Waals surface area (Å²) in [6.45, 7) is 0.940. The molecule has 0 saturated heterocycles. The third kappa shape index (κ3) is 2.45. The zero-order valence-electron chi connectivity index (χ0n) is 7.99. The van der Waals surface area contributed by atoms with E-state index >= 15 is 0 Å². The third-order valence-corrected chi connectivity index (χ3v) is 3.56. The molecule has 0 fully saturated rings. The molecule has 0 atom stereocenters. The number of nitrogens with one attached hydrogen (secondary N) is 1. The molecule has 0 saturated carbocycles. The van der Waals surface area contributed by atoms with E-state index in [1.54, 1.807) is 23.5 Å². The molecule has 0 spiro atoms. The highest BCUT2D eigenvalue weighted by Gasteiger charge is 2.06. The summed E-state index contributed by atoms with van der Waals surface area (Å²) in [6, 6.07) is 8.42. The van der Waals surface area contributed by atoms with Gasteiger partial charge in [0.2, 0.25) is 0 Å². The average Bonchev–Trinajstić information content (AvgIpc) is 2.72. The Kier molecular flexibility index (Phi) is 3.37. The van der Waals surface area contributed by atoms with Crippen LogP contribution in [0.1, 0.15) is 0 Å². The lowest BCUT2D eigenvalue weighted by Gasteiger charge is -2.05. The monoisotopic (exact) mass is 224 g/mol. The van der Waals surface area contributed by atoms with Gasteiger partial charge in [0, 0.05) is 16.3 Å². The molecule has 1 heterocycles. The molecule has 74 valence electrons. The Morgan fingerprint density at radius 1 is 1.36 bits per heavy atom. The second-order valence-corrected chi connectivity index (χ2v) is 4.85. The van der Waals surface area contributed by atoms with Crippen molar-refractivity contribution < 1.29 is 0 Å². The van der Waals surface area contributed by atoms with Crippen molar-refractivity contribution >= 4 is 34.4 Å². The molecule has 2 rings (SSSR count). The summed E-state index contributed by atoms with van der Waals surface area (Å²) in [7, 11) is 0. The quantitative estimate of drug-likeness (QED) is 0.782. The van der Waals surface area contributed by atoms with Crippen LogP contribution in [0.2, 0.25) is 0 Å². The average molecular weight is 224 g/mol. The molecule has 1 aromatic rings. The largest absolute Gasteiger partial charge is 0.335 e. The number of amidine groups is 1. The second-order valence-electron chi connectivity index (χ2n) is 2.89. The maximum atomic E-state index is 4.34. The molecular weight excluding hydrogens is 212 g/mol. The first kappa shape index (κ1) is 9.93. The van der Waals surface area contributed by atoms with Crippen molar-refractivity contribution in [2.45, 2.75) is 4.90 Å². The lowest BCUT2D eigenvalue weighted by molar-refractivity contribution is 1.17. The molecule has 1 N–H and O–H groups in total. The van der Waals surface area contributed by atoms with Gasteiger partial charge < -0.3 is 5.32 Å². The van der Waals surface area contributed by atoms with E-state index in [9.17, 15) is 0 Å². The molecule has 4 heteroatoms. The van der Waals surface area contributed by atoms with E-state index in [0.717, 1.165) is 23.2 Å². The highest BCUT2D eigenvalue weighted by atomic mass is 32.2. The van der Waals surface area contributed by atoms with Crippen LogP contribution in [0.25, 0.3) is 0 Å². The fourth-order valence-electron chi connectivity index (χ4n) is 1.21. The van der Waals surface area contributed by atoms with Gasteiger partial charge in [-0.05, 0) is 30.5 Å². The van der Waals surface area contributed by atoms with Crippen molar-refractivity contribution in [3.05, 3.63) is 24.3 Å². The van der Waals surface area contributed by atoms with Crippen LogP contribution >= 0.6 is 23.5 Å². The van der Waals surface area contributed by atoms with Gasteiger partial charge in [0.25, 0.3) is 0 Å². The predicted molar refractivity (Wildman–Crippen MR) is 66.6 cm³/mol. The second kappa shape index (κ2) is 4.75. The van der Waals surface area contributed by atoms with Crippen LogP contribution in [0.3, 0.4) is 0 Å². The minimum absolute atomic E-state index is 0.940. The Bertz CT molecular complexity index is 332. The number of benzene rings is 1. The van der Waals surface area contributed by atoms with Crippen LogP contribution in [-0.4, -0.2) is 23.7 Å². The van der Waals surface area contributed by atoms with Crippen LogP contribution < -0.4 is 5.32 Å².